The first-order valence-corrected chi connectivity index (χ1v) is 14.2. The number of nitrogens with one attached hydrogen (secondary N) is 2. The molecule has 14 heteroatoms. The first-order valence-electron chi connectivity index (χ1n) is 12.2. The Hall–Kier alpha value is -3.52. The van der Waals surface area contributed by atoms with E-state index >= 15 is 0 Å². The lowest BCUT2D eigenvalue weighted by molar-refractivity contribution is -0.165. The molecular weight excluding hydrogens is 610 g/mol. The summed E-state index contributed by atoms with van der Waals surface area (Å²) < 4.78 is 19.1. The van der Waals surface area contributed by atoms with Crippen molar-refractivity contribution in [1.29, 1.82) is 0 Å². The zero-order valence-corrected chi connectivity index (χ0v) is 24.5. The number of allylic oxidation sites excluding steroid dienone is 1. The van der Waals surface area contributed by atoms with Gasteiger partial charge in [-0.1, -0.05) is 46.3 Å². The van der Waals surface area contributed by atoms with E-state index in [0.29, 0.717) is 11.3 Å². The minimum atomic E-state index is -0.928. The summed E-state index contributed by atoms with van der Waals surface area (Å²) in [5.41, 5.74) is 1.02. The summed E-state index contributed by atoms with van der Waals surface area (Å²) in [6.45, 7) is 4.91. The molecule has 40 heavy (non-hydrogen) atoms. The predicted molar refractivity (Wildman–Crippen MR) is 146 cm³/mol. The lowest BCUT2D eigenvalue weighted by Gasteiger charge is -2.44. The number of nitrogens with zero attached hydrogens (tertiary/aromatic N) is 1. The van der Waals surface area contributed by atoms with Crippen LogP contribution >= 0.6 is 27.7 Å². The van der Waals surface area contributed by atoms with Crippen LogP contribution in [0.1, 0.15) is 43.9 Å². The fourth-order valence-electron chi connectivity index (χ4n) is 4.58. The lowest BCUT2D eigenvalue weighted by atomic mass is 9.95. The van der Waals surface area contributed by atoms with E-state index < -0.39 is 57.8 Å². The molecule has 0 aliphatic carbocycles. The van der Waals surface area contributed by atoms with Crippen LogP contribution in [0.15, 0.2) is 55.7 Å². The molecule has 2 saturated heterocycles. The minimum Gasteiger partial charge on any atom is -0.466 e. The number of esters is 2. The molecule has 2 amide bonds. The van der Waals surface area contributed by atoms with Gasteiger partial charge in [-0.05, 0) is 26.3 Å². The number of methoxy groups -OCH3 is 1. The third kappa shape index (κ3) is 5.97. The predicted octanol–water partition coefficient (Wildman–Crippen LogP) is 2.13. The van der Waals surface area contributed by atoms with E-state index in [4.69, 9.17) is 13.6 Å². The van der Waals surface area contributed by atoms with E-state index in [9.17, 15) is 24.0 Å². The highest BCUT2D eigenvalue weighted by Gasteiger charge is 2.64. The Labute approximate surface area is 241 Å². The Balaban J connectivity index is 1.47. The highest BCUT2D eigenvalue weighted by Crippen LogP contribution is 2.51. The Morgan fingerprint density at radius 2 is 1.85 bits per heavy atom. The van der Waals surface area contributed by atoms with Gasteiger partial charge < -0.3 is 33.8 Å². The summed E-state index contributed by atoms with van der Waals surface area (Å²) >= 11 is 4.54. The maximum atomic E-state index is 13.4. The molecule has 0 bridgehead atoms. The van der Waals surface area contributed by atoms with Crippen LogP contribution in [0.25, 0.3) is 0 Å². The molecule has 2 fully saturated rings. The van der Waals surface area contributed by atoms with Gasteiger partial charge >= 0.3 is 17.8 Å². The molecule has 4 atom stereocenters. The Bertz CT molecular complexity index is 1390. The molecule has 0 radical (unpaired) electrons. The smallest absolute Gasteiger partial charge is 0.466 e. The largest absolute Gasteiger partial charge is 0.519 e. The highest BCUT2D eigenvalue weighted by molar-refractivity contribution is 9.08. The second-order valence-corrected chi connectivity index (χ2v) is 12.0. The van der Waals surface area contributed by atoms with Crippen molar-refractivity contribution in [2.75, 3.05) is 7.11 Å². The number of amides is 2. The molecular formula is C26H28BrN3O9S. The third-order valence-electron chi connectivity index (χ3n) is 6.46. The number of thioether (sulfide) groups is 1. The van der Waals surface area contributed by atoms with E-state index in [2.05, 4.69) is 31.3 Å². The van der Waals surface area contributed by atoms with Gasteiger partial charge in [0.1, 0.15) is 23.5 Å². The van der Waals surface area contributed by atoms with Gasteiger partial charge in [-0.2, -0.15) is 0 Å². The number of hydrogen-bond acceptors (Lipinski definition) is 11. The van der Waals surface area contributed by atoms with E-state index in [1.54, 1.807) is 37.3 Å². The van der Waals surface area contributed by atoms with Crippen molar-refractivity contribution >= 4 is 51.4 Å². The molecule has 12 nitrogen and oxygen atoms in total. The summed E-state index contributed by atoms with van der Waals surface area (Å²) in [5.74, 6) is -2.79. The van der Waals surface area contributed by atoms with Crippen molar-refractivity contribution in [3.8, 4) is 0 Å². The van der Waals surface area contributed by atoms with Crippen LogP contribution in [-0.2, 0) is 40.6 Å². The van der Waals surface area contributed by atoms with Crippen LogP contribution < -0.4 is 16.5 Å². The molecule has 2 aromatic rings. The first kappa shape index (κ1) is 29.5. The van der Waals surface area contributed by atoms with Gasteiger partial charge in [-0.3, -0.25) is 9.59 Å². The summed E-state index contributed by atoms with van der Waals surface area (Å²) in [6.07, 6.45) is 1.22. The SMILES string of the molecule is COC(=O)/C=C(\C)NC(C(=O)NC1C(=O)N2[C@@H]1SC(C)(C)[C@@H]2C(=O)OCc1oc(=O)oc1CBr)c1ccccc1. The first-order chi connectivity index (χ1) is 19.0. The van der Waals surface area contributed by atoms with Crippen LogP contribution in [0.4, 0.5) is 0 Å². The van der Waals surface area contributed by atoms with Gasteiger partial charge in [0.15, 0.2) is 18.1 Å². The molecule has 2 aliphatic heterocycles. The second-order valence-electron chi connectivity index (χ2n) is 9.63. The number of rotatable bonds is 10. The Morgan fingerprint density at radius 3 is 2.50 bits per heavy atom. The topological polar surface area (TPSA) is 157 Å². The van der Waals surface area contributed by atoms with Crippen LogP contribution in [-0.4, -0.2) is 58.0 Å². The molecule has 4 rings (SSSR count). The Morgan fingerprint density at radius 1 is 1.18 bits per heavy atom. The van der Waals surface area contributed by atoms with Crippen molar-refractivity contribution in [2.45, 2.75) is 61.0 Å². The summed E-state index contributed by atoms with van der Waals surface area (Å²) in [5, 5.41) is 5.51. The lowest BCUT2D eigenvalue weighted by Crippen LogP contribution is -2.71. The number of fused-ring (bicyclic) bond motifs is 1. The van der Waals surface area contributed by atoms with Crippen molar-refractivity contribution in [3.05, 3.63) is 69.8 Å². The number of ether oxygens (including phenoxy) is 2. The standard InChI is InChI=1S/C26H28BrN3O9S/c1-13(10-17(31)36-4)28-18(14-8-6-5-7-9-14)21(32)29-19-22(33)30-20(26(2,3)40-23(19)30)24(34)37-12-16-15(11-27)38-25(35)39-16/h5-10,18-20,23,28H,11-12H2,1-4H3,(H,29,32)/b13-10+/t18?,19?,20-,23+/m0/s1. The van der Waals surface area contributed by atoms with E-state index in [1.807, 2.05) is 13.8 Å². The number of alkyl halides is 1. The molecule has 1 aromatic carbocycles. The minimum absolute atomic E-state index is 0.0753. The summed E-state index contributed by atoms with van der Waals surface area (Å²) in [4.78, 5) is 64.2. The molecule has 2 unspecified atom stereocenters. The normalized spacial score (nSPS) is 22.1. The monoisotopic (exact) mass is 637 g/mol. The average molecular weight is 638 g/mol. The van der Waals surface area contributed by atoms with Crippen molar-refractivity contribution in [1.82, 2.24) is 15.5 Å². The van der Waals surface area contributed by atoms with Crippen LogP contribution in [0.5, 0.6) is 0 Å². The van der Waals surface area contributed by atoms with Crippen molar-refractivity contribution in [3.63, 3.8) is 0 Å². The average Bonchev–Trinajstić information content (AvgIpc) is 3.42. The summed E-state index contributed by atoms with van der Waals surface area (Å²) in [7, 11) is 1.25. The molecule has 2 aliphatic rings. The van der Waals surface area contributed by atoms with Gasteiger partial charge in [0.2, 0.25) is 11.8 Å². The Kier molecular flexibility index (Phi) is 8.78. The van der Waals surface area contributed by atoms with E-state index in [0.717, 1.165) is 0 Å². The molecule has 2 N–H and O–H groups in total. The fourth-order valence-corrected chi connectivity index (χ4v) is 6.63. The van der Waals surface area contributed by atoms with Crippen LogP contribution in [0.3, 0.4) is 0 Å². The van der Waals surface area contributed by atoms with Crippen LogP contribution in [0.2, 0.25) is 0 Å². The highest BCUT2D eigenvalue weighted by atomic mass is 79.9. The quantitative estimate of drug-likeness (QED) is 0.170. The maximum Gasteiger partial charge on any atom is 0.519 e. The van der Waals surface area contributed by atoms with E-state index in [-0.39, 0.29) is 23.5 Å². The van der Waals surface area contributed by atoms with Gasteiger partial charge in [0.05, 0.1) is 12.4 Å². The van der Waals surface area contributed by atoms with Gasteiger partial charge in [-0.15, -0.1) is 11.8 Å². The van der Waals surface area contributed by atoms with E-state index in [1.165, 1.54) is 29.8 Å². The van der Waals surface area contributed by atoms with Gasteiger partial charge in [0, 0.05) is 16.5 Å². The number of β-lactam (4-membered cyclic amide) rings is 1. The molecule has 0 saturated carbocycles. The third-order valence-corrected chi connectivity index (χ3v) is 8.54. The maximum absolute atomic E-state index is 13.4. The fraction of sp³-hybridized carbons (Fsp3) is 0.423. The number of halogens is 1. The second kappa shape index (κ2) is 11.9. The van der Waals surface area contributed by atoms with Gasteiger partial charge in [-0.25, -0.2) is 14.4 Å². The number of benzene rings is 1. The molecule has 0 spiro atoms. The van der Waals surface area contributed by atoms with Crippen molar-refractivity contribution < 1.29 is 37.5 Å². The van der Waals surface area contributed by atoms with Crippen LogP contribution in [0, 0.1) is 0 Å². The molecule has 214 valence electrons. The van der Waals surface area contributed by atoms with Crippen molar-refractivity contribution in [2.24, 2.45) is 0 Å². The molecule has 3 heterocycles. The number of carbonyl (C=O) groups is 4. The summed E-state index contributed by atoms with van der Waals surface area (Å²) in [6, 6.07) is 6.14. The zero-order valence-electron chi connectivity index (χ0n) is 22.1. The zero-order chi connectivity index (χ0) is 29.2. The number of hydrogen-bond donors (Lipinski definition) is 2. The van der Waals surface area contributed by atoms with Gasteiger partial charge in [0.25, 0.3) is 0 Å². The number of carbonyl (C=O) groups excluding carboxylic acids is 4. The molecule has 1 aromatic heterocycles.